The van der Waals surface area contributed by atoms with Crippen molar-refractivity contribution in [1.29, 1.82) is 0 Å². The number of nitrogens with one attached hydrogen (secondary N) is 2. The summed E-state index contributed by atoms with van der Waals surface area (Å²) in [6.45, 7) is 4.05. The molecule has 7 heteroatoms. The van der Waals surface area contributed by atoms with E-state index < -0.39 is 0 Å². The number of likely N-dealkylation sites (tertiary alicyclic amines) is 1. The van der Waals surface area contributed by atoms with Gasteiger partial charge in [-0.15, -0.1) is 24.0 Å². The molecule has 0 aliphatic carbocycles. The highest BCUT2D eigenvalue weighted by Gasteiger charge is 2.23. The van der Waals surface area contributed by atoms with Crippen LogP contribution in [-0.4, -0.2) is 43.8 Å². The Bertz CT molecular complexity index is 800. The van der Waals surface area contributed by atoms with Gasteiger partial charge in [0.15, 0.2) is 17.5 Å². The van der Waals surface area contributed by atoms with E-state index in [0.717, 1.165) is 49.1 Å². The zero-order valence-electron chi connectivity index (χ0n) is 16.1. The van der Waals surface area contributed by atoms with Gasteiger partial charge in [-0.05, 0) is 18.1 Å². The molecule has 1 unspecified atom stereocenters. The summed E-state index contributed by atoms with van der Waals surface area (Å²) in [4.78, 5) is 6.85. The SMILES string of the molecule is CN=C(NCc1cccc2c1OCO2)NC1CCN(Cc2ccccc2)C1.I. The van der Waals surface area contributed by atoms with E-state index in [4.69, 9.17) is 9.47 Å². The molecule has 2 aromatic carbocycles. The average Bonchev–Trinajstić information content (AvgIpc) is 3.35. The maximum absolute atomic E-state index is 5.57. The molecule has 1 atom stereocenters. The molecule has 1 fully saturated rings. The molecule has 0 radical (unpaired) electrons. The molecular formula is C21H27IN4O2. The summed E-state index contributed by atoms with van der Waals surface area (Å²) in [7, 11) is 1.81. The number of rotatable bonds is 5. The van der Waals surface area contributed by atoms with Crippen molar-refractivity contribution in [2.75, 3.05) is 26.9 Å². The number of nitrogens with zero attached hydrogens (tertiary/aromatic N) is 2. The topological polar surface area (TPSA) is 58.1 Å². The number of fused-ring (bicyclic) bond motifs is 1. The van der Waals surface area contributed by atoms with Gasteiger partial charge in [0.05, 0.1) is 0 Å². The Labute approximate surface area is 183 Å². The number of benzene rings is 2. The minimum absolute atomic E-state index is 0. The number of halogens is 1. The van der Waals surface area contributed by atoms with Crippen LogP contribution in [0.5, 0.6) is 11.5 Å². The Balaban J connectivity index is 0.00000225. The molecule has 0 amide bonds. The second kappa shape index (κ2) is 9.97. The summed E-state index contributed by atoms with van der Waals surface area (Å²) in [6.07, 6.45) is 1.12. The Kier molecular flexibility index (Phi) is 7.38. The van der Waals surface area contributed by atoms with E-state index in [9.17, 15) is 0 Å². The number of hydrogen-bond acceptors (Lipinski definition) is 4. The molecule has 28 heavy (non-hydrogen) atoms. The average molecular weight is 494 g/mol. The summed E-state index contributed by atoms with van der Waals surface area (Å²) >= 11 is 0. The molecule has 0 spiro atoms. The Morgan fingerprint density at radius 2 is 2.00 bits per heavy atom. The van der Waals surface area contributed by atoms with Crippen LogP contribution in [0.15, 0.2) is 53.5 Å². The molecule has 0 bridgehead atoms. The number of guanidine groups is 1. The Hall–Kier alpha value is -2.00. The third-order valence-corrected chi connectivity index (χ3v) is 5.01. The maximum atomic E-state index is 5.57. The monoisotopic (exact) mass is 494 g/mol. The highest BCUT2D eigenvalue weighted by Crippen LogP contribution is 2.35. The van der Waals surface area contributed by atoms with Crippen LogP contribution in [-0.2, 0) is 13.1 Å². The minimum Gasteiger partial charge on any atom is -0.454 e. The van der Waals surface area contributed by atoms with E-state index in [0.29, 0.717) is 19.4 Å². The predicted molar refractivity (Wildman–Crippen MR) is 121 cm³/mol. The second-order valence-corrected chi connectivity index (χ2v) is 6.93. The van der Waals surface area contributed by atoms with Crippen LogP contribution in [0.3, 0.4) is 0 Å². The number of para-hydroxylation sites is 1. The fraction of sp³-hybridized carbons (Fsp3) is 0.381. The lowest BCUT2D eigenvalue weighted by Crippen LogP contribution is -2.44. The first-order valence-electron chi connectivity index (χ1n) is 9.43. The lowest BCUT2D eigenvalue weighted by atomic mass is 10.2. The van der Waals surface area contributed by atoms with Crippen LogP contribution in [0.1, 0.15) is 17.5 Å². The van der Waals surface area contributed by atoms with Gasteiger partial charge >= 0.3 is 0 Å². The molecular weight excluding hydrogens is 467 g/mol. The summed E-state index contributed by atoms with van der Waals surface area (Å²) in [5, 5.41) is 6.94. The Morgan fingerprint density at radius 1 is 1.14 bits per heavy atom. The van der Waals surface area contributed by atoms with E-state index >= 15 is 0 Å². The zero-order chi connectivity index (χ0) is 18.5. The standard InChI is InChI=1S/C21H26N4O2.HI/c1-22-21(23-12-17-8-5-9-19-20(17)27-15-26-19)24-18-10-11-25(14-18)13-16-6-3-2-4-7-16;/h2-9,18H,10-15H2,1H3,(H2,22,23,24);1H. The normalized spacial score (nSPS) is 18.6. The summed E-state index contributed by atoms with van der Waals surface area (Å²) in [5.74, 6) is 2.46. The first kappa shape index (κ1) is 20.7. The van der Waals surface area contributed by atoms with Gasteiger partial charge in [-0.25, -0.2) is 0 Å². The van der Waals surface area contributed by atoms with Gasteiger partial charge in [0.2, 0.25) is 6.79 Å². The van der Waals surface area contributed by atoms with Gasteiger partial charge in [-0.1, -0.05) is 42.5 Å². The molecule has 4 rings (SSSR count). The number of hydrogen-bond donors (Lipinski definition) is 2. The van der Waals surface area contributed by atoms with Crippen LogP contribution in [0, 0.1) is 0 Å². The van der Waals surface area contributed by atoms with Crippen LogP contribution in [0.25, 0.3) is 0 Å². The van der Waals surface area contributed by atoms with Crippen LogP contribution in [0.2, 0.25) is 0 Å². The van der Waals surface area contributed by atoms with Gasteiger partial charge < -0.3 is 20.1 Å². The van der Waals surface area contributed by atoms with Crippen LogP contribution >= 0.6 is 24.0 Å². The second-order valence-electron chi connectivity index (χ2n) is 6.93. The van der Waals surface area contributed by atoms with Crippen molar-refractivity contribution in [1.82, 2.24) is 15.5 Å². The molecule has 150 valence electrons. The van der Waals surface area contributed by atoms with Crippen molar-refractivity contribution in [3.63, 3.8) is 0 Å². The summed E-state index contributed by atoms with van der Waals surface area (Å²) in [5.41, 5.74) is 2.44. The minimum atomic E-state index is 0. The first-order chi connectivity index (χ1) is 13.3. The van der Waals surface area contributed by atoms with E-state index in [-0.39, 0.29) is 24.0 Å². The molecule has 2 heterocycles. The van der Waals surface area contributed by atoms with Crippen molar-refractivity contribution in [3.8, 4) is 11.5 Å². The molecule has 1 saturated heterocycles. The van der Waals surface area contributed by atoms with E-state index in [1.54, 1.807) is 7.05 Å². The summed E-state index contributed by atoms with van der Waals surface area (Å²) < 4.78 is 11.0. The van der Waals surface area contributed by atoms with Gasteiger partial charge in [0.25, 0.3) is 0 Å². The van der Waals surface area contributed by atoms with Gasteiger partial charge in [0.1, 0.15) is 0 Å². The smallest absolute Gasteiger partial charge is 0.231 e. The van der Waals surface area contributed by atoms with Gasteiger partial charge in [0, 0.05) is 44.8 Å². The third kappa shape index (κ3) is 5.08. The van der Waals surface area contributed by atoms with E-state index in [2.05, 4.69) is 50.9 Å². The zero-order valence-corrected chi connectivity index (χ0v) is 18.4. The van der Waals surface area contributed by atoms with Crippen molar-refractivity contribution >= 4 is 29.9 Å². The molecule has 2 aliphatic rings. The molecule has 2 aliphatic heterocycles. The quantitative estimate of drug-likeness (QED) is 0.381. The third-order valence-electron chi connectivity index (χ3n) is 5.01. The van der Waals surface area contributed by atoms with E-state index in [1.165, 1.54) is 5.56 Å². The highest BCUT2D eigenvalue weighted by atomic mass is 127. The van der Waals surface area contributed by atoms with Crippen LogP contribution in [0.4, 0.5) is 0 Å². The fourth-order valence-electron chi connectivity index (χ4n) is 3.63. The molecule has 0 saturated carbocycles. The summed E-state index contributed by atoms with van der Waals surface area (Å²) in [6, 6.07) is 17.0. The first-order valence-corrected chi connectivity index (χ1v) is 9.43. The Morgan fingerprint density at radius 3 is 2.82 bits per heavy atom. The lowest BCUT2D eigenvalue weighted by Gasteiger charge is -2.19. The van der Waals surface area contributed by atoms with Crippen molar-refractivity contribution < 1.29 is 9.47 Å². The maximum Gasteiger partial charge on any atom is 0.231 e. The number of ether oxygens (including phenoxy) is 2. The largest absolute Gasteiger partial charge is 0.454 e. The van der Waals surface area contributed by atoms with E-state index in [1.807, 2.05) is 18.2 Å². The molecule has 2 aromatic rings. The van der Waals surface area contributed by atoms with Crippen LogP contribution < -0.4 is 20.1 Å². The molecule has 6 nitrogen and oxygen atoms in total. The van der Waals surface area contributed by atoms with Gasteiger partial charge in [-0.2, -0.15) is 0 Å². The molecule has 2 N–H and O–H groups in total. The van der Waals surface area contributed by atoms with Gasteiger partial charge in [-0.3, -0.25) is 9.89 Å². The van der Waals surface area contributed by atoms with Crippen molar-refractivity contribution in [2.24, 2.45) is 4.99 Å². The fourth-order valence-corrected chi connectivity index (χ4v) is 3.63. The van der Waals surface area contributed by atoms with Crippen molar-refractivity contribution in [2.45, 2.75) is 25.6 Å². The number of aliphatic imine (C=N–C) groups is 1. The molecule has 0 aromatic heterocycles. The predicted octanol–water partition coefficient (Wildman–Crippen LogP) is 2.97. The highest BCUT2D eigenvalue weighted by molar-refractivity contribution is 14.0. The lowest BCUT2D eigenvalue weighted by molar-refractivity contribution is 0.173. The van der Waals surface area contributed by atoms with Crippen molar-refractivity contribution in [3.05, 3.63) is 59.7 Å².